The number of carbonyl (C=O) groups is 2. The number of carbonyl (C=O) groups excluding carboxylic acids is 2. The molecule has 2 amide bonds. The Bertz CT molecular complexity index is 1570. The molecule has 4 aromatic rings. The Labute approximate surface area is 232 Å². The lowest BCUT2D eigenvalue weighted by Gasteiger charge is -2.24. The minimum atomic E-state index is -0.465. The highest BCUT2D eigenvalue weighted by molar-refractivity contribution is 6.12. The van der Waals surface area contributed by atoms with Crippen molar-refractivity contribution in [3.05, 3.63) is 119 Å². The third kappa shape index (κ3) is 5.07. The molecule has 0 radical (unpaired) electrons. The smallest absolute Gasteiger partial charge is 0.262 e. The zero-order chi connectivity index (χ0) is 27.5. The zero-order valence-corrected chi connectivity index (χ0v) is 21.8. The van der Waals surface area contributed by atoms with E-state index in [0.29, 0.717) is 11.1 Å². The molecule has 0 unspecified atom stereocenters. The summed E-state index contributed by atoms with van der Waals surface area (Å²) in [5.74, 6) is 1.04. The van der Waals surface area contributed by atoms with Crippen LogP contribution >= 0.6 is 0 Å². The van der Waals surface area contributed by atoms with E-state index in [1.165, 1.54) is 0 Å². The monoisotopic (exact) mass is 528 g/mol. The molecule has 2 aliphatic heterocycles. The average molecular weight is 529 g/mol. The maximum absolute atomic E-state index is 14.2. The van der Waals surface area contributed by atoms with E-state index in [1.807, 2.05) is 84.9 Å². The number of rotatable bonds is 7. The first-order valence-electron chi connectivity index (χ1n) is 13.2. The predicted molar refractivity (Wildman–Crippen MR) is 159 cm³/mol. The molecule has 198 valence electrons. The van der Waals surface area contributed by atoms with Crippen LogP contribution in [0.25, 0.3) is 11.1 Å². The largest absolute Gasteiger partial charge is 0.368 e. The van der Waals surface area contributed by atoms with E-state index in [9.17, 15) is 9.59 Å². The number of amidine groups is 2. The van der Waals surface area contributed by atoms with Crippen LogP contribution in [0.1, 0.15) is 31.8 Å². The van der Waals surface area contributed by atoms with Crippen molar-refractivity contribution in [1.82, 2.24) is 10.6 Å². The third-order valence-corrected chi connectivity index (χ3v) is 6.94. The predicted octanol–water partition coefficient (Wildman–Crippen LogP) is 4.13. The summed E-state index contributed by atoms with van der Waals surface area (Å²) in [6, 6.07) is 30.3. The standard InChI is InChI=1S/C32H28N6O2/c33-29(39)23-11-7-21(8-12-23)22-9-13-24(14-10-22)32(40)38(27-5-1-3-25(19-27)30-34-15-16-35-30)28-6-2-4-26(20-28)31-36-17-18-37-31/h1-14,19-20H,15-18H2,(H2,33,39)(H,34,35)(H,36,37). The number of nitrogens with one attached hydrogen (secondary N) is 2. The van der Waals surface area contributed by atoms with Crippen molar-refractivity contribution in [2.24, 2.45) is 15.7 Å². The average Bonchev–Trinajstić information content (AvgIpc) is 3.73. The Morgan fingerprint density at radius 3 is 1.52 bits per heavy atom. The summed E-state index contributed by atoms with van der Waals surface area (Å²) in [6.07, 6.45) is 0. The summed E-state index contributed by atoms with van der Waals surface area (Å²) >= 11 is 0. The van der Waals surface area contributed by atoms with E-state index in [1.54, 1.807) is 17.0 Å². The fourth-order valence-corrected chi connectivity index (χ4v) is 4.91. The molecular weight excluding hydrogens is 500 g/mol. The van der Waals surface area contributed by atoms with E-state index in [0.717, 1.165) is 71.5 Å². The SMILES string of the molecule is NC(=O)c1ccc(-c2ccc(C(=O)N(c3cccc(C4=NCCN4)c3)c3cccc(C4=NCCN4)c3)cc2)cc1. The second-order valence-corrected chi connectivity index (χ2v) is 9.57. The van der Waals surface area contributed by atoms with Crippen molar-refractivity contribution in [2.45, 2.75) is 0 Å². The van der Waals surface area contributed by atoms with Gasteiger partial charge < -0.3 is 16.4 Å². The van der Waals surface area contributed by atoms with Crippen molar-refractivity contribution in [3.63, 3.8) is 0 Å². The number of amides is 2. The van der Waals surface area contributed by atoms with Crippen LogP contribution in [0.2, 0.25) is 0 Å². The normalized spacial score (nSPS) is 14.1. The summed E-state index contributed by atoms with van der Waals surface area (Å²) in [6.45, 7) is 3.07. The molecule has 0 saturated carbocycles. The Morgan fingerprint density at radius 1 is 0.625 bits per heavy atom. The van der Waals surface area contributed by atoms with E-state index in [4.69, 9.17) is 5.73 Å². The summed E-state index contributed by atoms with van der Waals surface area (Å²) in [7, 11) is 0. The lowest BCUT2D eigenvalue weighted by molar-refractivity contribution is 0.0991. The van der Waals surface area contributed by atoms with Gasteiger partial charge in [-0.1, -0.05) is 48.5 Å². The maximum Gasteiger partial charge on any atom is 0.262 e. The highest BCUT2D eigenvalue weighted by Gasteiger charge is 2.22. The topological polar surface area (TPSA) is 112 Å². The minimum absolute atomic E-state index is 0.160. The van der Waals surface area contributed by atoms with Gasteiger partial charge in [-0.25, -0.2) is 0 Å². The van der Waals surface area contributed by atoms with Gasteiger partial charge in [0.2, 0.25) is 5.91 Å². The van der Waals surface area contributed by atoms with Crippen LogP contribution in [0.15, 0.2) is 107 Å². The molecule has 0 saturated heterocycles. The van der Waals surface area contributed by atoms with Crippen LogP contribution in [0.3, 0.4) is 0 Å². The molecule has 0 fully saturated rings. The highest BCUT2D eigenvalue weighted by atomic mass is 16.2. The van der Waals surface area contributed by atoms with Gasteiger partial charge in [0.15, 0.2) is 0 Å². The molecule has 2 heterocycles. The van der Waals surface area contributed by atoms with Crippen LogP contribution in [0.5, 0.6) is 0 Å². The lowest BCUT2D eigenvalue weighted by atomic mass is 10.0. The first-order chi connectivity index (χ1) is 19.6. The molecule has 0 bridgehead atoms. The first-order valence-corrected chi connectivity index (χ1v) is 13.2. The molecule has 8 nitrogen and oxygen atoms in total. The summed E-state index contributed by atoms with van der Waals surface area (Å²) in [4.78, 5) is 36.4. The van der Waals surface area contributed by atoms with Gasteiger partial charge in [0.1, 0.15) is 11.7 Å². The van der Waals surface area contributed by atoms with Crippen molar-refractivity contribution in [3.8, 4) is 11.1 Å². The molecule has 0 aromatic heterocycles. The Kier molecular flexibility index (Phi) is 6.80. The molecule has 2 aliphatic rings. The Hall–Kier alpha value is -5.24. The molecular formula is C32H28N6O2. The second-order valence-electron chi connectivity index (χ2n) is 9.57. The molecule has 40 heavy (non-hydrogen) atoms. The van der Waals surface area contributed by atoms with Gasteiger partial charge in [0.05, 0.1) is 13.1 Å². The van der Waals surface area contributed by atoms with Gasteiger partial charge >= 0.3 is 0 Å². The van der Waals surface area contributed by atoms with Crippen LogP contribution in [0, 0.1) is 0 Å². The summed E-state index contributed by atoms with van der Waals surface area (Å²) in [5.41, 5.74) is 11.6. The Balaban J connectivity index is 1.37. The first kappa shape index (κ1) is 25.1. The number of hydrogen-bond acceptors (Lipinski definition) is 6. The van der Waals surface area contributed by atoms with Crippen molar-refractivity contribution in [2.75, 3.05) is 31.1 Å². The molecule has 8 heteroatoms. The summed E-state index contributed by atoms with van der Waals surface area (Å²) < 4.78 is 0. The Morgan fingerprint density at radius 2 is 1.10 bits per heavy atom. The van der Waals surface area contributed by atoms with E-state index in [-0.39, 0.29) is 5.91 Å². The number of hydrogen-bond donors (Lipinski definition) is 3. The van der Waals surface area contributed by atoms with Crippen molar-refractivity contribution >= 4 is 34.9 Å². The number of anilines is 2. The number of benzene rings is 4. The molecule has 4 N–H and O–H groups in total. The maximum atomic E-state index is 14.2. The van der Waals surface area contributed by atoms with Crippen LogP contribution in [0.4, 0.5) is 11.4 Å². The quantitative estimate of drug-likeness (QED) is 0.335. The van der Waals surface area contributed by atoms with Gasteiger partial charge in [-0.05, 0) is 59.7 Å². The number of nitrogens with two attached hydrogens (primary N) is 1. The molecule has 6 rings (SSSR count). The fourth-order valence-electron chi connectivity index (χ4n) is 4.91. The summed E-state index contributed by atoms with van der Waals surface area (Å²) in [5, 5.41) is 6.63. The molecule has 0 atom stereocenters. The van der Waals surface area contributed by atoms with Crippen molar-refractivity contribution in [1.29, 1.82) is 0 Å². The van der Waals surface area contributed by atoms with Crippen LogP contribution in [-0.2, 0) is 0 Å². The minimum Gasteiger partial charge on any atom is -0.368 e. The van der Waals surface area contributed by atoms with E-state index >= 15 is 0 Å². The van der Waals surface area contributed by atoms with Gasteiger partial charge in [-0.15, -0.1) is 0 Å². The van der Waals surface area contributed by atoms with Gasteiger partial charge in [-0.2, -0.15) is 0 Å². The molecule has 0 spiro atoms. The van der Waals surface area contributed by atoms with Crippen LogP contribution in [-0.4, -0.2) is 49.7 Å². The van der Waals surface area contributed by atoms with Gasteiger partial charge in [0.25, 0.3) is 5.91 Å². The third-order valence-electron chi connectivity index (χ3n) is 6.94. The number of primary amides is 1. The van der Waals surface area contributed by atoms with E-state index < -0.39 is 5.91 Å². The molecule has 4 aromatic carbocycles. The lowest BCUT2D eigenvalue weighted by Crippen LogP contribution is -2.27. The zero-order valence-electron chi connectivity index (χ0n) is 21.8. The number of nitrogens with zero attached hydrogens (tertiary/aromatic N) is 3. The van der Waals surface area contributed by atoms with Crippen molar-refractivity contribution < 1.29 is 9.59 Å². The molecule has 0 aliphatic carbocycles. The second kappa shape index (κ2) is 10.9. The van der Waals surface area contributed by atoms with Crippen LogP contribution < -0.4 is 21.3 Å². The number of aliphatic imine (C=N–C) groups is 2. The van der Waals surface area contributed by atoms with Gasteiger partial charge in [0, 0.05) is 46.7 Å². The highest BCUT2D eigenvalue weighted by Crippen LogP contribution is 2.30. The van der Waals surface area contributed by atoms with E-state index in [2.05, 4.69) is 20.6 Å². The van der Waals surface area contributed by atoms with Gasteiger partial charge in [-0.3, -0.25) is 24.5 Å². The fraction of sp³-hybridized carbons (Fsp3) is 0.125.